The smallest absolute Gasteiger partial charge is 0.248 e. The van der Waals surface area contributed by atoms with Gasteiger partial charge in [0.25, 0.3) is 0 Å². The number of carbonyl (C=O) groups is 1. The summed E-state index contributed by atoms with van der Waals surface area (Å²) >= 11 is 0. The molecule has 0 radical (unpaired) electrons. The number of allylic oxidation sites excluding steroid dienone is 1. The van der Waals surface area contributed by atoms with Crippen LogP contribution in [0.4, 0.5) is 5.95 Å². The van der Waals surface area contributed by atoms with Gasteiger partial charge in [0.05, 0.1) is 12.2 Å². The molecule has 1 aromatic carbocycles. The third-order valence-corrected chi connectivity index (χ3v) is 4.27. The van der Waals surface area contributed by atoms with Gasteiger partial charge in [-0.15, -0.1) is 0 Å². The highest BCUT2D eigenvalue weighted by atomic mass is 16.5. The number of primary amides is 1. The summed E-state index contributed by atoms with van der Waals surface area (Å²) in [4.78, 5) is 16.2. The molecule has 1 unspecified atom stereocenters. The summed E-state index contributed by atoms with van der Waals surface area (Å²) in [6, 6.07) is 7.30. The fourth-order valence-electron chi connectivity index (χ4n) is 3.01. The second kappa shape index (κ2) is 7.38. The van der Waals surface area contributed by atoms with Crippen molar-refractivity contribution in [2.75, 3.05) is 11.9 Å². The molecule has 1 aromatic heterocycles. The molecule has 2 aromatic rings. The predicted molar refractivity (Wildman–Crippen MR) is 95.1 cm³/mol. The first-order valence-electron chi connectivity index (χ1n) is 8.51. The Kier molecular flexibility index (Phi) is 5.02. The van der Waals surface area contributed by atoms with Crippen LogP contribution in [0.2, 0.25) is 0 Å². The number of nitrogens with one attached hydrogen (secondary N) is 1. The molecule has 0 saturated heterocycles. The third-order valence-electron chi connectivity index (χ3n) is 4.27. The predicted octanol–water partition coefficient (Wildman–Crippen LogP) is 2.62. The quantitative estimate of drug-likeness (QED) is 0.755. The number of nitrogens with zero attached hydrogens (tertiary/aromatic N) is 3. The lowest BCUT2D eigenvalue weighted by atomic mass is 9.95. The Hall–Kier alpha value is -2.83. The zero-order valence-electron chi connectivity index (χ0n) is 14.5. The van der Waals surface area contributed by atoms with E-state index in [1.807, 2.05) is 31.2 Å². The van der Waals surface area contributed by atoms with Crippen LogP contribution >= 0.6 is 0 Å². The Morgan fingerprint density at radius 3 is 2.76 bits per heavy atom. The van der Waals surface area contributed by atoms with E-state index in [4.69, 9.17) is 10.5 Å². The zero-order chi connectivity index (χ0) is 17.8. The maximum Gasteiger partial charge on any atom is 0.248 e. The molecule has 1 amide bonds. The van der Waals surface area contributed by atoms with Gasteiger partial charge < -0.3 is 15.8 Å². The summed E-state index contributed by atoms with van der Waals surface area (Å²) in [6.07, 6.45) is 4.83. The molecule has 0 spiro atoms. The number of nitrogens with two attached hydrogens (primary N) is 1. The van der Waals surface area contributed by atoms with Crippen molar-refractivity contribution in [3.63, 3.8) is 0 Å². The van der Waals surface area contributed by atoms with Crippen molar-refractivity contribution < 1.29 is 9.53 Å². The lowest BCUT2D eigenvalue weighted by molar-refractivity contribution is -0.115. The van der Waals surface area contributed by atoms with Gasteiger partial charge in [-0.25, -0.2) is 4.68 Å². The lowest BCUT2D eigenvalue weighted by Gasteiger charge is -2.27. The topological polar surface area (TPSA) is 95.1 Å². The molecule has 7 nitrogen and oxygen atoms in total. The summed E-state index contributed by atoms with van der Waals surface area (Å²) < 4.78 is 7.42. The van der Waals surface area contributed by atoms with Crippen molar-refractivity contribution in [2.45, 2.75) is 39.2 Å². The highest BCUT2D eigenvalue weighted by molar-refractivity contribution is 5.95. The maximum absolute atomic E-state index is 12.0. The Balaban J connectivity index is 1.85. The van der Waals surface area contributed by atoms with Gasteiger partial charge in [0.15, 0.2) is 0 Å². The Bertz CT molecular complexity index is 779. The number of hydrogen-bond donors (Lipinski definition) is 2. The Labute approximate surface area is 146 Å². The first kappa shape index (κ1) is 17.0. The van der Waals surface area contributed by atoms with E-state index in [2.05, 4.69) is 22.3 Å². The fraction of sp³-hybridized carbons (Fsp3) is 0.389. The lowest BCUT2D eigenvalue weighted by Crippen LogP contribution is -2.31. The third kappa shape index (κ3) is 3.50. The number of aromatic nitrogens is 3. The van der Waals surface area contributed by atoms with Gasteiger partial charge in [0, 0.05) is 5.70 Å². The van der Waals surface area contributed by atoms with E-state index in [0.717, 1.165) is 24.2 Å². The van der Waals surface area contributed by atoms with Crippen LogP contribution in [0.1, 0.15) is 44.7 Å². The second-order valence-electron chi connectivity index (χ2n) is 6.08. The summed E-state index contributed by atoms with van der Waals surface area (Å²) in [7, 11) is 0. The van der Waals surface area contributed by atoms with Gasteiger partial charge in [-0.1, -0.05) is 31.9 Å². The molecule has 1 atom stereocenters. The van der Waals surface area contributed by atoms with Crippen LogP contribution in [-0.2, 0) is 4.79 Å². The molecule has 2 heterocycles. The van der Waals surface area contributed by atoms with Crippen LogP contribution in [0, 0.1) is 0 Å². The molecule has 0 fully saturated rings. The van der Waals surface area contributed by atoms with Crippen molar-refractivity contribution in [3.05, 3.63) is 47.4 Å². The minimum absolute atomic E-state index is 0.398. The van der Waals surface area contributed by atoms with Gasteiger partial charge in [0.2, 0.25) is 11.9 Å². The van der Waals surface area contributed by atoms with Crippen molar-refractivity contribution in [3.8, 4) is 5.75 Å². The SMILES string of the molecule is CCCCCOc1ccc(C2C(C(N)=O)=C(C)Nc3ncnn32)cc1. The molecule has 1 aliphatic rings. The van der Waals surface area contributed by atoms with E-state index in [1.54, 1.807) is 4.68 Å². The minimum atomic E-state index is -0.476. The molecule has 3 N–H and O–H groups in total. The Morgan fingerprint density at radius 2 is 2.08 bits per heavy atom. The van der Waals surface area contributed by atoms with Gasteiger partial charge >= 0.3 is 0 Å². The van der Waals surface area contributed by atoms with Crippen LogP contribution in [-0.4, -0.2) is 27.3 Å². The average molecular weight is 341 g/mol. The Morgan fingerprint density at radius 1 is 1.32 bits per heavy atom. The summed E-state index contributed by atoms with van der Waals surface area (Å²) in [5, 5.41) is 7.31. The number of amides is 1. The van der Waals surface area contributed by atoms with E-state index >= 15 is 0 Å². The number of rotatable bonds is 7. The minimum Gasteiger partial charge on any atom is -0.494 e. The number of benzene rings is 1. The largest absolute Gasteiger partial charge is 0.494 e. The molecule has 0 bridgehead atoms. The second-order valence-corrected chi connectivity index (χ2v) is 6.08. The van der Waals surface area contributed by atoms with E-state index < -0.39 is 11.9 Å². The summed E-state index contributed by atoms with van der Waals surface area (Å²) in [5.74, 6) is 0.928. The number of unbranched alkanes of at least 4 members (excludes halogenated alkanes) is 2. The van der Waals surface area contributed by atoms with Gasteiger partial charge in [-0.3, -0.25) is 4.79 Å². The number of carbonyl (C=O) groups excluding carboxylic acids is 1. The number of hydrogen-bond acceptors (Lipinski definition) is 5. The molecule has 0 aliphatic carbocycles. The van der Waals surface area contributed by atoms with Crippen LogP contribution in [0.3, 0.4) is 0 Å². The molecule has 1 aliphatic heterocycles. The first-order chi connectivity index (χ1) is 12.1. The average Bonchev–Trinajstić information content (AvgIpc) is 3.06. The molecule has 0 saturated carbocycles. The van der Waals surface area contributed by atoms with Gasteiger partial charge in [-0.2, -0.15) is 10.1 Å². The molecule has 3 rings (SSSR count). The van der Waals surface area contributed by atoms with Gasteiger partial charge in [0.1, 0.15) is 18.1 Å². The van der Waals surface area contributed by atoms with Crippen LogP contribution in [0.5, 0.6) is 5.75 Å². The number of fused-ring (bicyclic) bond motifs is 1. The highest BCUT2D eigenvalue weighted by Crippen LogP contribution is 2.34. The van der Waals surface area contributed by atoms with Crippen molar-refractivity contribution in [1.29, 1.82) is 0 Å². The number of anilines is 1. The molecule has 7 heteroatoms. The van der Waals surface area contributed by atoms with Crippen molar-refractivity contribution in [1.82, 2.24) is 14.8 Å². The van der Waals surface area contributed by atoms with E-state index in [-0.39, 0.29) is 0 Å². The molecule has 132 valence electrons. The van der Waals surface area contributed by atoms with Crippen molar-refractivity contribution >= 4 is 11.9 Å². The fourth-order valence-corrected chi connectivity index (χ4v) is 3.01. The van der Waals surface area contributed by atoms with Gasteiger partial charge in [-0.05, 0) is 31.0 Å². The van der Waals surface area contributed by atoms with Crippen LogP contribution < -0.4 is 15.8 Å². The molecule has 25 heavy (non-hydrogen) atoms. The van der Waals surface area contributed by atoms with Crippen molar-refractivity contribution in [2.24, 2.45) is 5.73 Å². The van der Waals surface area contributed by atoms with E-state index in [0.29, 0.717) is 23.8 Å². The maximum atomic E-state index is 12.0. The highest BCUT2D eigenvalue weighted by Gasteiger charge is 2.32. The van der Waals surface area contributed by atoms with E-state index in [1.165, 1.54) is 12.7 Å². The monoisotopic (exact) mass is 341 g/mol. The summed E-state index contributed by atoms with van der Waals surface area (Å²) in [5.41, 5.74) is 7.69. The zero-order valence-corrected chi connectivity index (χ0v) is 14.5. The normalized spacial score (nSPS) is 16.3. The molecular weight excluding hydrogens is 318 g/mol. The summed E-state index contributed by atoms with van der Waals surface area (Å²) in [6.45, 7) is 4.69. The first-order valence-corrected chi connectivity index (χ1v) is 8.51. The standard InChI is InChI=1S/C18H23N5O2/c1-3-4-5-10-25-14-8-6-13(7-9-14)16-15(17(19)24)12(2)22-18-20-11-21-23(16)18/h6-9,11,16H,3-5,10H2,1-2H3,(H2,19,24)(H,20,21,22). The molecular formula is C18H23N5O2. The number of ether oxygens (including phenoxy) is 1. The van der Waals surface area contributed by atoms with Crippen LogP contribution in [0.15, 0.2) is 41.9 Å². The van der Waals surface area contributed by atoms with E-state index in [9.17, 15) is 4.79 Å². The van der Waals surface area contributed by atoms with Crippen LogP contribution in [0.25, 0.3) is 0 Å².